The van der Waals surface area contributed by atoms with Gasteiger partial charge >= 0.3 is 0 Å². The van der Waals surface area contributed by atoms with E-state index in [9.17, 15) is 13.2 Å². The number of piperazine rings is 1. The highest BCUT2D eigenvalue weighted by Gasteiger charge is 2.30. The third kappa shape index (κ3) is 5.53. The first kappa shape index (κ1) is 22.4. The summed E-state index contributed by atoms with van der Waals surface area (Å²) in [5.74, 6) is 0.549. The molecule has 0 radical (unpaired) electrons. The molecule has 0 bridgehead atoms. The maximum Gasteiger partial charge on any atom is 0.273 e. The summed E-state index contributed by atoms with van der Waals surface area (Å²) in [5.41, 5.74) is 2.29. The minimum atomic E-state index is -3.42. The average molecular weight is 472 g/mol. The van der Waals surface area contributed by atoms with Gasteiger partial charge in [0.25, 0.3) is 5.91 Å². The van der Waals surface area contributed by atoms with Gasteiger partial charge in [0.15, 0.2) is 0 Å². The van der Waals surface area contributed by atoms with Crippen molar-refractivity contribution in [2.45, 2.75) is 19.3 Å². The molecule has 9 heteroatoms. The summed E-state index contributed by atoms with van der Waals surface area (Å²) in [5, 5.41) is 2.45. The number of sulfonamides is 1. The van der Waals surface area contributed by atoms with Crippen LogP contribution in [0.5, 0.6) is 5.75 Å². The zero-order valence-electron chi connectivity index (χ0n) is 17.8. The van der Waals surface area contributed by atoms with Gasteiger partial charge in [-0.05, 0) is 24.6 Å². The molecule has 168 valence electrons. The van der Waals surface area contributed by atoms with Crippen molar-refractivity contribution < 1.29 is 17.9 Å². The standard InChI is InChI=1S/C23H25N3O4S2/c1-18-7-9-20(10-8-18)30-15-22-24-21(16-31-22)23(27)25-11-13-26(14-12-25)32(28,29)17-19-5-3-2-4-6-19/h2-10,16H,11-15,17H2,1H3. The Hall–Kier alpha value is -2.75. The lowest BCUT2D eigenvalue weighted by Gasteiger charge is -2.33. The van der Waals surface area contributed by atoms with Crippen LogP contribution in [0.3, 0.4) is 0 Å². The van der Waals surface area contributed by atoms with Crippen LogP contribution < -0.4 is 4.74 Å². The number of benzene rings is 2. The predicted molar refractivity (Wildman–Crippen MR) is 124 cm³/mol. The smallest absolute Gasteiger partial charge is 0.273 e. The number of aryl methyl sites for hydroxylation is 1. The number of thiazole rings is 1. The van der Waals surface area contributed by atoms with E-state index in [2.05, 4.69) is 4.98 Å². The molecule has 7 nitrogen and oxygen atoms in total. The third-order valence-electron chi connectivity index (χ3n) is 5.27. The molecule has 0 unspecified atom stereocenters. The first-order valence-corrected chi connectivity index (χ1v) is 12.8. The molecule has 0 spiro atoms. The van der Waals surface area contributed by atoms with E-state index in [0.29, 0.717) is 25.4 Å². The Morgan fingerprint density at radius 2 is 1.72 bits per heavy atom. The van der Waals surface area contributed by atoms with Crippen molar-refractivity contribution in [3.05, 3.63) is 81.8 Å². The summed E-state index contributed by atoms with van der Waals surface area (Å²) in [6.45, 7) is 3.58. The summed E-state index contributed by atoms with van der Waals surface area (Å²) in [6, 6.07) is 16.9. The van der Waals surface area contributed by atoms with Crippen LogP contribution in [-0.4, -0.2) is 54.7 Å². The molecule has 0 atom stereocenters. The molecule has 3 aromatic rings. The van der Waals surface area contributed by atoms with Gasteiger partial charge < -0.3 is 9.64 Å². The minimum Gasteiger partial charge on any atom is -0.486 e. The number of rotatable bonds is 7. The number of hydrogen-bond donors (Lipinski definition) is 0. The second-order valence-corrected chi connectivity index (χ2v) is 10.6. The Morgan fingerprint density at radius 1 is 1.03 bits per heavy atom. The molecule has 1 aliphatic rings. The van der Waals surface area contributed by atoms with Gasteiger partial charge in [0, 0.05) is 31.6 Å². The Morgan fingerprint density at radius 3 is 2.41 bits per heavy atom. The van der Waals surface area contributed by atoms with E-state index in [0.717, 1.165) is 21.9 Å². The fourth-order valence-corrected chi connectivity index (χ4v) is 5.66. The van der Waals surface area contributed by atoms with Crippen molar-refractivity contribution in [2.24, 2.45) is 0 Å². The molecule has 1 aliphatic heterocycles. The molecule has 2 heterocycles. The molecule has 1 fully saturated rings. The summed E-state index contributed by atoms with van der Waals surface area (Å²) < 4.78 is 32.6. The van der Waals surface area contributed by atoms with Crippen LogP contribution in [0.15, 0.2) is 60.0 Å². The number of carbonyl (C=O) groups is 1. The molecule has 0 aliphatic carbocycles. The van der Waals surface area contributed by atoms with Crippen LogP contribution in [0, 0.1) is 6.92 Å². The Bertz CT molecular complexity index is 1150. The number of aromatic nitrogens is 1. The summed E-state index contributed by atoms with van der Waals surface area (Å²) in [6.07, 6.45) is 0. The van der Waals surface area contributed by atoms with Gasteiger partial charge in [-0.15, -0.1) is 11.3 Å². The maximum absolute atomic E-state index is 12.8. The first-order chi connectivity index (χ1) is 15.4. The highest BCUT2D eigenvalue weighted by molar-refractivity contribution is 7.88. The van der Waals surface area contributed by atoms with Gasteiger partial charge in [0.1, 0.15) is 23.1 Å². The Labute approximate surface area is 192 Å². The van der Waals surface area contributed by atoms with Crippen LogP contribution in [-0.2, 0) is 22.4 Å². The van der Waals surface area contributed by atoms with Gasteiger partial charge in [0.2, 0.25) is 10.0 Å². The number of hydrogen-bond acceptors (Lipinski definition) is 6. The zero-order chi connectivity index (χ0) is 22.6. The Kier molecular flexibility index (Phi) is 6.88. The lowest BCUT2D eigenvalue weighted by atomic mass is 10.2. The minimum absolute atomic E-state index is 0.0295. The van der Waals surface area contributed by atoms with Crippen molar-refractivity contribution in [1.82, 2.24) is 14.2 Å². The number of amides is 1. The normalized spacial score (nSPS) is 15.0. The van der Waals surface area contributed by atoms with Crippen molar-refractivity contribution in [1.29, 1.82) is 0 Å². The van der Waals surface area contributed by atoms with E-state index in [1.165, 1.54) is 15.6 Å². The largest absolute Gasteiger partial charge is 0.486 e. The maximum atomic E-state index is 12.8. The Balaban J connectivity index is 1.30. The van der Waals surface area contributed by atoms with Gasteiger partial charge in [-0.3, -0.25) is 4.79 Å². The van der Waals surface area contributed by atoms with Gasteiger partial charge in [-0.2, -0.15) is 4.31 Å². The van der Waals surface area contributed by atoms with Crippen LogP contribution in [0.1, 0.15) is 26.6 Å². The number of carbonyl (C=O) groups excluding carboxylic acids is 1. The van der Waals surface area contributed by atoms with E-state index in [-0.39, 0.29) is 24.7 Å². The molecule has 0 N–H and O–H groups in total. The van der Waals surface area contributed by atoms with E-state index >= 15 is 0 Å². The molecule has 1 saturated heterocycles. The van der Waals surface area contributed by atoms with Crippen molar-refractivity contribution in [2.75, 3.05) is 26.2 Å². The first-order valence-electron chi connectivity index (χ1n) is 10.4. The van der Waals surface area contributed by atoms with E-state index < -0.39 is 10.0 Å². The van der Waals surface area contributed by atoms with E-state index in [1.54, 1.807) is 22.4 Å². The fourth-order valence-electron chi connectivity index (χ4n) is 3.46. The van der Waals surface area contributed by atoms with Crippen molar-refractivity contribution in [3.8, 4) is 5.75 Å². The van der Waals surface area contributed by atoms with Crippen molar-refractivity contribution >= 4 is 27.3 Å². The molecular weight excluding hydrogens is 446 g/mol. The lowest BCUT2D eigenvalue weighted by Crippen LogP contribution is -2.50. The van der Waals surface area contributed by atoms with Crippen LogP contribution >= 0.6 is 11.3 Å². The van der Waals surface area contributed by atoms with Crippen LogP contribution in [0.4, 0.5) is 0 Å². The summed E-state index contributed by atoms with van der Waals surface area (Å²) >= 11 is 1.38. The second-order valence-electron chi connectivity index (χ2n) is 7.66. The van der Waals surface area contributed by atoms with Crippen LogP contribution in [0.25, 0.3) is 0 Å². The molecular formula is C23H25N3O4S2. The zero-order valence-corrected chi connectivity index (χ0v) is 19.4. The predicted octanol–water partition coefficient (Wildman–Crippen LogP) is 3.32. The molecule has 1 amide bonds. The van der Waals surface area contributed by atoms with E-state index in [4.69, 9.17) is 4.74 Å². The molecule has 2 aromatic carbocycles. The number of ether oxygens (including phenoxy) is 1. The van der Waals surface area contributed by atoms with Crippen LogP contribution in [0.2, 0.25) is 0 Å². The summed E-state index contributed by atoms with van der Waals surface area (Å²) in [4.78, 5) is 18.9. The monoisotopic (exact) mass is 471 g/mol. The lowest BCUT2D eigenvalue weighted by molar-refractivity contribution is 0.0692. The highest BCUT2D eigenvalue weighted by Crippen LogP contribution is 2.19. The molecule has 4 rings (SSSR count). The SMILES string of the molecule is Cc1ccc(OCc2nc(C(=O)N3CCN(S(=O)(=O)Cc4ccccc4)CC3)cs2)cc1. The fraction of sp³-hybridized carbons (Fsp3) is 0.304. The highest BCUT2D eigenvalue weighted by atomic mass is 32.2. The van der Waals surface area contributed by atoms with Crippen molar-refractivity contribution in [3.63, 3.8) is 0 Å². The second kappa shape index (κ2) is 9.81. The van der Waals surface area contributed by atoms with Gasteiger partial charge in [-0.1, -0.05) is 48.0 Å². The van der Waals surface area contributed by atoms with Gasteiger partial charge in [-0.25, -0.2) is 13.4 Å². The topological polar surface area (TPSA) is 79.8 Å². The molecule has 1 aromatic heterocycles. The van der Waals surface area contributed by atoms with E-state index in [1.807, 2.05) is 49.4 Å². The molecule has 0 saturated carbocycles. The molecule has 32 heavy (non-hydrogen) atoms. The quantitative estimate of drug-likeness (QED) is 0.528. The van der Waals surface area contributed by atoms with Gasteiger partial charge in [0.05, 0.1) is 5.75 Å². The third-order valence-corrected chi connectivity index (χ3v) is 7.94. The summed E-state index contributed by atoms with van der Waals surface area (Å²) in [7, 11) is -3.42. The average Bonchev–Trinajstić information content (AvgIpc) is 3.28. The number of nitrogens with zero attached hydrogens (tertiary/aromatic N) is 3.